The number of aromatic nitrogens is 3. The summed E-state index contributed by atoms with van der Waals surface area (Å²) in [7, 11) is 1.31. The van der Waals surface area contributed by atoms with Gasteiger partial charge in [-0.05, 0) is 49.2 Å². The van der Waals surface area contributed by atoms with Crippen LogP contribution in [0.3, 0.4) is 0 Å². The summed E-state index contributed by atoms with van der Waals surface area (Å²) in [6.07, 6.45) is 4.97. The van der Waals surface area contributed by atoms with Crippen LogP contribution >= 0.6 is 11.6 Å². The Morgan fingerprint density at radius 1 is 1.11 bits per heavy atom. The fraction of sp³-hybridized carbons (Fsp3) is 0.154. The molecule has 0 unspecified atom stereocenters. The van der Waals surface area contributed by atoms with E-state index in [1.54, 1.807) is 12.4 Å². The van der Waals surface area contributed by atoms with Gasteiger partial charge in [-0.3, -0.25) is 9.78 Å². The molecular weight excluding hydrogens is 471 g/mol. The number of pyridine rings is 1. The van der Waals surface area contributed by atoms with Gasteiger partial charge in [-0.25, -0.2) is 14.4 Å². The molecule has 0 aliphatic heterocycles. The zero-order valence-corrected chi connectivity index (χ0v) is 20.2. The van der Waals surface area contributed by atoms with Gasteiger partial charge in [0.05, 0.1) is 18.9 Å². The highest BCUT2D eigenvalue weighted by molar-refractivity contribution is 6.30. The molecule has 0 saturated carbocycles. The molecule has 0 amide bonds. The topological polar surface area (TPSA) is 86.2 Å². The molecule has 0 aliphatic rings. The fourth-order valence-electron chi connectivity index (χ4n) is 3.07. The van der Waals surface area contributed by atoms with Crippen molar-refractivity contribution in [2.45, 2.75) is 20.5 Å². The van der Waals surface area contributed by atoms with Crippen LogP contribution in [0.25, 0.3) is 11.4 Å². The van der Waals surface area contributed by atoms with Gasteiger partial charge >= 0.3 is 0 Å². The lowest BCUT2D eigenvalue weighted by atomic mass is 10.1. The third kappa shape index (κ3) is 7.22. The van der Waals surface area contributed by atoms with Crippen molar-refractivity contribution in [3.63, 3.8) is 0 Å². The molecule has 9 heteroatoms. The maximum atomic E-state index is 14.4. The Bertz CT molecular complexity index is 1300. The molecule has 2 heterocycles. The number of aryl methyl sites for hydroxylation is 2. The van der Waals surface area contributed by atoms with Crippen LogP contribution in [0.5, 0.6) is 5.75 Å². The van der Waals surface area contributed by atoms with Crippen molar-refractivity contribution < 1.29 is 18.7 Å². The van der Waals surface area contributed by atoms with Crippen molar-refractivity contribution in [3.8, 4) is 17.1 Å². The van der Waals surface area contributed by atoms with Crippen LogP contribution in [0.15, 0.2) is 67.1 Å². The van der Waals surface area contributed by atoms with Crippen molar-refractivity contribution >= 4 is 29.6 Å². The Morgan fingerprint density at radius 3 is 2.63 bits per heavy atom. The summed E-state index contributed by atoms with van der Waals surface area (Å²) >= 11 is 6.05. The molecule has 4 aromatic rings. The lowest BCUT2D eigenvalue weighted by Gasteiger charge is -2.15. The van der Waals surface area contributed by atoms with Gasteiger partial charge in [-0.15, -0.1) is 0 Å². The van der Waals surface area contributed by atoms with Crippen molar-refractivity contribution in [2.24, 2.45) is 0 Å². The zero-order chi connectivity index (χ0) is 25.2. The number of carbonyl (C=O) groups is 1. The van der Waals surface area contributed by atoms with Gasteiger partial charge in [0.2, 0.25) is 0 Å². The minimum absolute atomic E-state index is 0.206. The third-order valence-corrected chi connectivity index (χ3v) is 5.01. The van der Waals surface area contributed by atoms with E-state index < -0.39 is 5.82 Å². The number of methoxy groups -OCH3 is 1. The lowest BCUT2D eigenvalue weighted by Crippen LogP contribution is -2.05. The Hall–Kier alpha value is -4.04. The molecule has 1 N–H and O–H groups in total. The number of nitrogens with one attached hydrogen (secondary N) is 1. The summed E-state index contributed by atoms with van der Waals surface area (Å²) in [5.41, 5.74) is 4.13. The number of benzene rings is 2. The average molecular weight is 495 g/mol. The van der Waals surface area contributed by atoms with Crippen molar-refractivity contribution in [3.05, 3.63) is 94.7 Å². The molecule has 0 spiro atoms. The average Bonchev–Trinajstić information content (AvgIpc) is 2.86. The first kappa shape index (κ1) is 25.6. The normalized spacial score (nSPS) is 10.1. The first-order valence-electron chi connectivity index (χ1n) is 10.6. The van der Waals surface area contributed by atoms with E-state index in [-0.39, 0.29) is 11.4 Å². The molecule has 2 aromatic heterocycles. The largest absolute Gasteiger partial charge is 0.483 e. The molecule has 0 saturated heterocycles. The second kappa shape index (κ2) is 12.4. The minimum Gasteiger partial charge on any atom is -0.483 e. The molecule has 35 heavy (non-hydrogen) atoms. The van der Waals surface area contributed by atoms with E-state index >= 15 is 0 Å². The fourth-order valence-corrected chi connectivity index (χ4v) is 3.24. The van der Waals surface area contributed by atoms with Crippen LogP contribution in [0.2, 0.25) is 5.02 Å². The Labute approximate surface area is 207 Å². The van der Waals surface area contributed by atoms with E-state index in [9.17, 15) is 4.39 Å². The first-order valence-corrected chi connectivity index (χ1v) is 10.9. The second-order valence-corrected chi connectivity index (χ2v) is 7.89. The van der Waals surface area contributed by atoms with Gasteiger partial charge in [0.25, 0.3) is 6.47 Å². The van der Waals surface area contributed by atoms with Gasteiger partial charge in [-0.2, -0.15) is 0 Å². The van der Waals surface area contributed by atoms with E-state index in [4.69, 9.17) is 21.1 Å². The van der Waals surface area contributed by atoms with Gasteiger partial charge < -0.3 is 14.8 Å². The van der Waals surface area contributed by atoms with Crippen molar-refractivity contribution in [1.82, 2.24) is 15.0 Å². The van der Waals surface area contributed by atoms with Gasteiger partial charge in [-0.1, -0.05) is 41.4 Å². The predicted molar refractivity (Wildman–Crippen MR) is 133 cm³/mol. The number of anilines is 2. The van der Waals surface area contributed by atoms with Crippen molar-refractivity contribution in [2.75, 3.05) is 12.4 Å². The maximum absolute atomic E-state index is 14.4. The summed E-state index contributed by atoms with van der Waals surface area (Å²) in [5, 5.41) is 3.66. The minimum atomic E-state index is -0.455. The summed E-state index contributed by atoms with van der Waals surface area (Å²) < 4.78 is 24.3. The highest BCUT2D eigenvalue weighted by Gasteiger charge is 2.15. The molecule has 0 radical (unpaired) electrons. The number of hydrogen-bond acceptors (Lipinski definition) is 7. The van der Waals surface area contributed by atoms with E-state index in [2.05, 4.69) is 31.1 Å². The quantitative estimate of drug-likeness (QED) is 0.312. The van der Waals surface area contributed by atoms with E-state index in [0.29, 0.717) is 29.7 Å². The third-order valence-electron chi connectivity index (χ3n) is 4.77. The zero-order valence-electron chi connectivity index (χ0n) is 19.5. The van der Waals surface area contributed by atoms with Crippen LogP contribution in [-0.2, 0) is 16.1 Å². The number of ether oxygens (including phenoxy) is 2. The molecule has 2 aromatic carbocycles. The van der Waals surface area contributed by atoms with Gasteiger partial charge in [0.15, 0.2) is 17.4 Å². The Balaban J connectivity index is 0.000000795. The van der Waals surface area contributed by atoms with Crippen molar-refractivity contribution in [1.29, 1.82) is 0 Å². The molecule has 7 nitrogen and oxygen atoms in total. The van der Waals surface area contributed by atoms with Crippen LogP contribution in [0.4, 0.5) is 15.9 Å². The SMILES string of the molecule is COC=O.Cc1cccc(COc2cnc(-c3cc(Cl)ccc3F)nc2Nc2ccncc2C)c1. The van der Waals surface area contributed by atoms with Crippen LogP contribution in [-0.4, -0.2) is 28.5 Å². The summed E-state index contributed by atoms with van der Waals surface area (Å²) in [4.78, 5) is 21.9. The number of carbonyl (C=O) groups excluding carboxylic acids is 1. The standard InChI is InChI=1S/C24H20ClFN4O.C2H4O2/c1-15-4-3-5-17(10-15)14-31-22-13-28-23(19-11-18(25)6-7-20(19)26)30-24(22)29-21-8-9-27-12-16(21)2;1-4-2-3/h3-13H,14H2,1-2H3,(H,27,28,29,30);2H,1H3. The number of rotatable bonds is 7. The number of nitrogens with zero attached hydrogens (tertiary/aromatic N) is 3. The maximum Gasteiger partial charge on any atom is 0.292 e. The summed E-state index contributed by atoms with van der Waals surface area (Å²) in [6.45, 7) is 4.68. The van der Waals surface area contributed by atoms with Gasteiger partial charge in [0, 0.05) is 23.1 Å². The smallest absolute Gasteiger partial charge is 0.292 e. The molecule has 0 atom stereocenters. The van der Waals surface area contributed by atoms with E-state index in [0.717, 1.165) is 22.4 Å². The molecule has 180 valence electrons. The molecule has 0 aliphatic carbocycles. The molecule has 0 bridgehead atoms. The number of halogens is 2. The van der Waals surface area contributed by atoms with E-state index in [1.807, 2.05) is 38.1 Å². The Kier molecular flexibility index (Phi) is 9.09. The number of hydrogen-bond donors (Lipinski definition) is 1. The lowest BCUT2D eigenvalue weighted by molar-refractivity contribution is -0.126. The summed E-state index contributed by atoms with van der Waals surface area (Å²) in [6, 6.07) is 14.2. The van der Waals surface area contributed by atoms with Crippen LogP contribution in [0, 0.1) is 19.7 Å². The monoisotopic (exact) mass is 494 g/mol. The summed E-state index contributed by atoms with van der Waals surface area (Å²) in [5.74, 6) is 0.621. The molecule has 0 fully saturated rings. The van der Waals surface area contributed by atoms with Gasteiger partial charge in [0.1, 0.15) is 12.4 Å². The second-order valence-electron chi connectivity index (χ2n) is 7.46. The van der Waals surface area contributed by atoms with E-state index in [1.165, 1.54) is 31.5 Å². The first-order chi connectivity index (χ1) is 16.9. The molecular formula is C26H24ClFN4O3. The van der Waals surface area contributed by atoms with Crippen LogP contribution < -0.4 is 10.1 Å². The highest BCUT2D eigenvalue weighted by Crippen LogP contribution is 2.31. The predicted octanol–water partition coefficient (Wildman–Crippen LogP) is 6.06. The molecule has 4 rings (SSSR count). The Morgan fingerprint density at radius 2 is 1.91 bits per heavy atom. The van der Waals surface area contributed by atoms with Crippen LogP contribution in [0.1, 0.15) is 16.7 Å². The highest BCUT2D eigenvalue weighted by atomic mass is 35.5.